The molecular weight excluding hydrogens is 236 g/mol. The van der Waals surface area contributed by atoms with E-state index in [2.05, 4.69) is 9.97 Å². The summed E-state index contributed by atoms with van der Waals surface area (Å²) in [6, 6.07) is 0. The third-order valence-corrected chi connectivity index (χ3v) is 2.04. The van der Waals surface area contributed by atoms with Crippen LogP contribution in [0.3, 0.4) is 0 Å². The molecule has 102 valence electrons. The Morgan fingerprint density at radius 1 is 1.22 bits per heavy atom. The predicted octanol–water partition coefficient (Wildman–Crippen LogP) is 0.783. The second-order valence-electron chi connectivity index (χ2n) is 4.29. The van der Waals surface area contributed by atoms with E-state index in [1.54, 1.807) is 6.92 Å². The summed E-state index contributed by atoms with van der Waals surface area (Å²) in [4.78, 5) is 7.72. The molecule has 1 rings (SSSR count). The van der Waals surface area contributed by atoms with Gasteiger partial charge in [0.1, 0.15) is 0 Å². The van der Waals surface area contributed by atoms with Crippen LogP contribution in [0.2, 0.25) is 0 Å². The summed E-state index contributed by atoms with van der Waals surface area (Å²) in [6.45, 7) is 6.22. The van der Waals surface area contributed by atoms with Crippen molar-refractivity contribution < 1.29 is 14.6 Å². The molecule has 5 N–H and O–H groups in total. The largest absolute Gasteiger partial charge is 0.476 e. The average Bonchev–Trinajstić information content (AvgIpc) is 2.31. The van der Waals surface area contributed by atoms with E-state index in [-0.39, 0.29) is 23.4 Å². The van der Waals surface area contributed by atoms with E-state index in [1.807, 2.05) is 13.8 Å². The molecule has 0 amide bonds. The Labute approximate surface area is 106 Å². The summed E-state index contributed by atoms with van der Waals surface area (Å²) in [5, 5.41) is 9.42. The highest BCUT2D eigenvalue weighted by Crippen LogP contribution is 2.29. The molecule has 0 fully saturated rings. The van der Waals surface area contributed by atoms with Crippen molar-refractivity contribution in [2.75, 3.05) is 18.1 Å². The molecular formula is C11H20N4O3. The summed E-state index contributed by atoms with van der Waals surface area (Å²) >= 11 is 0. The van der Waals surface area contributed by atoms with Gasteiger partial charge in [0.2, 0.25) is 17.7 Å². The molecule has 1 unspecified atom stereocenters. The van der Waals surface area contributed by atoms with E-state index >= 15 is 0 Å². The molecule has 7 nitrogen and oxygen atoms in total. The van der Waals surface area contributed by atoms with Crippen molar-refractivity contribution in [2.45, 2.75) is 33.5 Å². The average molecular weight is 256 g/mol. The number of hydrogen-bond acceptors (Lipinski definition) is 7. The fourth-order valence-electron chi connectivity index (χ4n) is 1.10. The number of aliphatic hydroxyl groups is 1. The second kappa shape index (κ2) is 6.25. The van der Waals surface area contributed by atoms with Crippen molar-refractivity contribution in [1.29, 1.82) is 0 Å². The maximum atomic E-state index is 9.42. The molecule has 0 aromatic carbocycles. The maximum Gasteiger partial charge on any atom is 0.248 e. The minimum Gasteiger partial charge on any atom is -0.476 e. The highest BCUT2D eigenvalue weighted by molar-refractivity contribution is 5.58. The summed E-state index contributed by atoms with van der Waals surface area (Å²) in [7, 11) is 0. The normalized spacial score (nSPS) is 12.5. The number of aliphatic hydroxyl groups excluding tert-OH is 1. The van der Waals surface area contributed by atoms with E-state index in [4.69, 9.17) is 20.9 Å². The molecule has 1 heterocycles. The zero-order valence-corrected chi connectivity index (χ0v) is 10.9. The molecule has 0 radical (unpaired) electrons. The highest BCUT2D eigenvalue weighted by atomic mass is 16.6. The lowest BCUT2D eigenvalue weighted by Gasteiger charge is -2.15. The first kappa shape index (κ1) is 14.3. The van der Waals surface area contributed by atoms with Gasteiger partial charge in [-0.05, 0) is 5.92 Å². The van der Waals surface area contributed by atoms with Crippen LogP contribution >= 0.6 is 0 Å². The Morgan fingerprint density at radius 3 is 2.39 bits per heavy atom. The van der Waals surface area contributed by atoms with E-state index < -0.39 is 6.29 Å². The van der Waals surface area contributed by atoms with E-state index in [0.29, 0.717) is 18.9 Å². The summed E-state index contributed by atoms with van der Waals surface area (Å²) in [6.07, 6.45) is -0.578. The van der Waals surface area contributed by atoms with Crippen LogP contribution in [-0.2, 0) is 0 Å². The quantitative estimate of drug-likeness (QED) is 0.644. The molecule has 1 atom stereocenters. The summed E-state index contributed by atoms with van der Waals surface area (Å²) in [5.41, 5.74) is 11.5. The van der Waals surface area contributed by atoms with Gasteiger partial charge < -0.3 is 26.0 Å². The molecule has 0 aliphatic carbocycles. The molecule has 0 spiro atoms. The third-order valence-electron chi connectivity index (χ3n) is 2.04. The number of anilines is 2. The maximum absolute atomic E-state index is 9.42. The molecule has 7 heteroatoms. The zero-order valence-electron chi connectivity index (χ0n) is 10.9. The molecule has 1 aromatic rings. The lowest BCUT2D eigenvalue weighted by Crippen LogP contribution is -2.17. The Hall–Kier alpha value is -1.76. The summed E-state index contributed by atoms with van der Waals surface area (Å²) < 4.78 is 10.6. The van der Waals surface area contributed by atoms with E-state index in [1.165, 1.54) is 0 Å². The molecule has 0 saturated carbocycles. The highest BCUT2D eigenvalue weighted by Gasteiger charge is 2.16. The van der Waals surface area contributed by atoms with Crippen LogP contribution in [0.15, 0.2) is 0 Å². The van der Waals surface area contributed by atoms with Crippen molar-refractivity contribution in [2.24, 2.45) is 5.92 Å². The van der Waals surface area contributed by atoms with Crippen molar-refractivity contribution in [1.82, 2.24) is 9.97 Å². The number of nitrogens with two attached hydrogens (primary N) is 2. The van der Waals surface area contributed by atoms with Gasteiger partial charge in [0.25, 0.3) is 0 Å². The van der Waals surface area contributed by atoms with Gasteiger partial charge in [-0.2, -0.15) is 9.97 Å². The van der Waals surface area contributed by atoms with Gasteiger partial charge in [0, 0.05) is 6.42 Å². The predicted molar refractivity (Wildman–Crippen MR) is 68.1 cm³/mol. The number of hydrogen-bond donors (Lipinski definition) is 3. The van der Waals surface area contributed by atoms with Crippen LogP contribution < -0.4 is 20.9 Å². The Balaban J connectivity index is 2.91. The SMILES string of the molecule is CCC(O)Oc1nc(N)nc(OCC(C)C)c1N. The topological polar surface area (TPSA) is 117 Å². The van der Waals surface area contributed by atoms with Crippen LogP contribution in [0, 0.1) is 5.92 Å². The zero-order chi connectivity index (χ0) is 13.7. The van der Waals surface area contributed by atoms with Crippen molar-refractivity contribution in [3.05, 3.63) is 0 Å². The molecule has 0 saturated heterocycles. The molecule has 1 aromatic heterocycles. The van der Waals surface area contributed by atoms with Crippen molar-refractivity contribution >= 4 is 11.6 Å². The number of ether oxygens (including phenoxy) is 2. The summed E-state index contributed by atoms with van der Waals surface area (Å²) in [5.74, 6) is 0.526. The first-order valence-corrected chi connectivity index (χ1v) is 5.84. The Morgan fingerprint density at radius 2 is 1.83 bits per heavy atom. The number of nitrogen functional groups attached to an aromatic ring is 2. The van der Waals surface area contributed by atoms with Gasteiger partial charge >= 0.3 is 0 Å². The Kier molecular flexibility index (Phi) is 4.96. The van der Waals surface area contributed by atoms with Gasteiger partial charge in [-0.25, -0.2) is 0 Å². The standard InChI is InChI=1S/C11H20N4O3/c1-4-7(16)18-10-8(12)9(14-11(13)15-10)17-5-6(2)3/h6-7,16H,4-5,12H2,1-3H3,(H2,13,14,15). The second-order valence-corrected chi connectivity index (χ2v) is 4.29. The first-order valence-electron chi connectivity index (χ1n) is 5.84. The monoisotopic (exact) mass is 256 g/mol. The minimum atomic E-state index is -0.987. The van der Waals surface area contributed by atoms with Crippen LogP contribution in [-0.4, -0.2) is 28.0 Å². The van der Waals surface area contributed by atoms with Gasteiger partial charge in [-0.3, -0.25) is 0 Å². The third kappa shape index (κ3) is 3.92. The van der Waals surface area contributed by atoms with Gasteiger partial charge in [0.15, 0.2) is 12.0 Å². The molecule has 0 aliphatic heterocycles. The molecule has 18 heavy (non-hydrogen) atoms. The molecule has 0 bridgehead atoms. The van der Waals surface area contributed by atoms with Crippen molar-refractivity contribution in [3.63, 3.8) is 0 Å². The van der Waals surface area contributed by atoms with Gasteiger partial charge in [-0.15, -0.1) is 0 Å². The fourth-order valence-corrected chi connectivity index (χ4v) is 1.10. The minimum absolute atomic E-state index is 0.0127. The molecule has 0 aliphatic rings. The van der Waals surface area contributed by atoms with Crippen molar-refractivity contribution in [3.8, 4) is 11.8 Å². The van der Waals surface area contributed by atoms with Gasteiger partial charge in [-0.1, -0.05) is 20.8 Å². The lowest BCUT2D eigenvalue weighted by atomic mass is 10.2. The van der Waals surface area contributed by atoms with Crippen LogP contribution in [0.1, 0.15) is 27.2 Å². The number of nitrogens with zero attached hydrogens (tertiary/aromatic N) is 2. The fraction of sp³-hybridized carbons (Fsp3) is 0.636. The van der Waals surface area contributed by atoms with E-state index in [0.717, 1.165) is 0 Å². The van der Waals surface area contributed by atoms with Crippen LogP contribution in [0.4, 0.5) is 11.6 Å². The lowest BCUT2D eigenvalue weighted by molar-refractivity contribution is -0.0218. The van der Waals surface area contributed by atoms with Crippen LogP contribution in [0.5, 0.6) is 11.8 Å². The van der Waals surface area contributed by atoms with Gasteiger partial charge in [0.05, 0.1) is 6.61 Å². The van der Waals surface area contributed by atoms with E-state index in [9.17, 15) is 5.11 Å². The number of rotatable bonds is 6. The van der Waals surface area contributed by atoms with Crippen LogP contribution in [0.25, 0.3) is 0 Å². The first-order chi connectivity index (χ1) is 8.43. The smallest absolute Gasteiger partial charge is 0.248 e. The number of aromatic nitrogens is 2. The Bertz CT molecular complexity index is 398.